The summed E-state index contributed by atoms with van der Waals surface area (Å²) in [6, 6.07) is 0. The lowest BCUT2D eigenvalue weighted by Gasteiger charge is -2.42. The Morgan fingerprint density at radius 2 is 2.18 bits per heavy atom. The van der Waals surface area contributed by atoms with E-state index in [1.165, 1.54) is 12.8 Å². The molecular formula is C9H17NO. The average molecular weight is 155 g/mol. The van der Waals surface area contributed by atoms with Crippen LogP contribution in [-0.4, -0.2) is 17.7 Å². The van der Waals surface area contributed by atoms with Crippen LogP contribution in [0.15, 0.2) is 12.3 Å². The highest BCUT2D eigenvalue weighted by Crippen LogP contribution is 2.32. The van der Waals surface area contributed by atoms with Gasteiger partial charge in [-0.15, -0.1) is 0 Å². The minimum atomic E-state index is 0.129. The Kier molecular flexibility index (Phi) is 2.23. The third-order valence-corrected chi connectivity index (χ3v) is 2.27. The normalized spacial score (nSPS) is 23.9. The van der Waals surface area contributed by atoms with E-state index in [-0.39, 0.29) is 5.54 Å². The van der Waals surface area contributed by atoms with Crippen molar-refractivity contribution in [2.75, 3.05) is 7.11 Å². The Balaban J connectivity index is 2.72. The zero-order valence-corrected chi connectivity index (χ0v) is 7.68. The molecule has 1 heterocycles. The summed E-state index contributed by atoms with van der Waals surface area (Å²) in [5.74, 6) is 0. The molecule has 0 aliphatic carbocycles. The molecule has 1 saturated heterocycles. The quantitative estimate of drug-likeness (QED) is 0.576. The molecule has 1 fully saturated rings. The molecule has 0 aromatic rings. The van der Waals surface area contributed by atoms with Crippen LogP contribution in [0.2, 0.25) is 0 Å². The minimum absolute atomic E-state index is 0.129. The fraction of sp³-hybridized carbons (Fsp3) is 0.778. The van der Waals surface area contributed by atoms with Gasteiger partial charge in [0, 0.05) is 5.70 Å². The number of piperidine rings is 1. The fourth-order valence-corrected chi connectivity index (χ4v) is 1.73. The molecule has 0 amide bonds. The van der Waals surface area contributed by atoms with Crippen LogP contribution in [0.25, 0.3) is 0 Å². The molecule has 1 aliphatic heterocycles. The predicted octanol–water partition coefficient (Wildman–Crippen LogP) is 2.33. The number of allylic oxidation sites excluding steroid dienone is 1. The van der Waals surface area contributed by atoms with Crippen LogP contribution in [0.3, 0.4) is 0 Å². The Bertz CT molecular complexity index is 163. The molecule has 0 saturated carbocycles. The van der Waals surface area contributed by atoms with Gasteiger partial charge in [-0.3, -0.25) is 9.90 Å². The molecule has 0 aromatic heterocycles. The lowest BCUT2D eigenvalue weighted by molar-refractivity contribution is -0.177. The summed E-state index contributed by atoms with van der Waals surface area (Å²) in [4.78, 5) is 5.25. The van der Waals surface area contributed by atoms with E-state index in [1.54, 1.807) is 7.11 Å². The van der Waals surface area contributed by atoms with Gasteiger partial charge in [-0.05, 0) is 33.1 Å². The van der Waals surface area contributed by atoms with E-state index in [1.807, 2.05) is 5.06 Å². The minimum Gasteiger partial charge on any atom is -0.277 e. The van der Waals surface area contributed by atoms with Gasteiger partial charge in [-0.1, -0.05) is 6.58 Å². The molecule has 0 atom stereocenters. The second kappa shape index (κ2) is 2.86. The van der Waals surface area contributed by atoms with E-state index in [2.05, 4.69) is 20.4 Å². The average Bonchev–Trinajstić information content (AvgIpc) is 1.86. The maximum atomic E-state index is 5.25. The van der Waals surface area contributed by atoms with Gasteiger partial charge >= 0.3 is 0 Å². The summed E-state index contributed by atoms with van der Waals surface area (Å²) >= 11 is 0. The van der Waals surface area contributed by atoms with Crippen molar-refractivity contribution in [2.24, 2.45) is 0 Å². The number of hydrogen-bond donors (Lipinski definition) is 0. The third-order valence-electron chi connectivity index (χ3n) is 2.27. The first-order valence-corrected chi connectivity index (χ1v) is 4.10. The number of hydrogen-bond acceptors (Lipinski definition) is 2. The van der Waals surface area contributed by atoms with Gasteiger partial charge in [0.2, 0.25) is 0 Å². The SMILES string of the molecule is C=C1CCCC(C)(C)N1OC. The van der Waals surface area contributed by atoms with Crippen molar-refractivity contribution in [3.05, 3.63) is 12.3 Å². The van der Waals surface area contributed by atoms with Crippen LogP contribution in [0.4, 0.5) is 0 Å². The van der Waals surface area contributed by atoms with Gasteiger partial charge in [0.25, 0.3) is 0 Å². The molecule has 1 rings (SSSR count). The Morgan fingerprint density at radius 3 is 2.55 bits per heavy atom. The zero-order chi connectivity index (χ0) is 8.48. The van der Waals surface area contributed by atoms with Gasteiger partial charge in [-0.2, -0.15) is 0 Å². The number of hydroxylamine groups is 2. The first kappa shape index (κ1) is 8.60. The summed E-state index contributed by atoms with van der Waals surface area (Å²) in [5.41, 5.74) is 1.23. The molecule has 0 spiro atoms. The highest BCUT2D eigenvalue weighted by molar-refractivity contribution is 5.01. The smallest absolute Gasteiger partial charge is 0.0639 e. The molecule has 0 unspecified atom stereocenters. The van der Waals surface area contributed by atoms with Gasteiger partial charge in [-0.25, -0.2) is 0 Å². The van der Waals surface area contributed by atoms with Crippen LogP contribution in [0.5, 0.6) is 0 Å². The van der Waals surface area contributed by atoms with E-state index in [9.17, 15) is 0 Å². The number of nitrogens with zero attached hydrogens (tertiary/aromatic N) is 1. The molecule has 2 heteroatoms. The van der Waals surface area contributed by atoms with Crippen LogP contribution in [0.1, 0.15) is 33.1 Å². The second-order valence-electron chi connectivity index (χ2n) is 3.71. The van der Waals surface area contributed by atoms with E-state index in [0.29, 0.717) is 0 Å². The van der Waals surface area contributed by atoms with Crippen molar-refractivity contribution in [1.82, 2.24) is 5.06 Å². The summed E-state index contributed by atoms with van der Waals surface area (Å²) < 4.78 is 0. The van der Waals surface area contributed by atoms with Crippen molar-refractivity contribution < 1.29 is 4.84 Å². The molecule has 0 aromatic carbocycles. The van der Waals surface area contributed by atoms with Crippen molar-refractivity contribution in [1.29, 1.82) is 0 Å². The van der Waals surface area contributed by atoms with E-state index in [4.69, 9.17) is 4.84 Å². The summed E-state index contributed by atoms with van der Waals surface area (Å²) in [7, 11) is 1.71. The highest BCUT2D eigenvalue weighted by atomic mass is 16.7. The molecule has 11 heavy (non-hydrogen) atoms. The van der Waals surface area contributed by atoms with Crippen molar-refractivity contribution in [2.45, 2.75) is 38.6 Å². The molecular weight excluding hydrogens is 138 g/mol. The fourth-order valence-electron chi connectivity index (χ4n) is 1.73. The topological polar surface area (TPSA) is 12.5 Å². The van der Waals surface area contributed by atoms with Gasteiger partial charge in [0.1, 0.15) is 0 Å². The monoisotopic (exact) mass is 155 g/mol. The lowest BCUT2D eigenvalue weighted by Crippen LogP contribution is -2.44. The van der Waals surface area contributed by atoms with Crippen LogP contribution in [0, 0.1) is 0 Å². The Labute approximate surface area is 68.8 Å². The Morgan fingerprint density at radius 1 is 1.55 bits per heavy atom. The summed E-state index contributed by atoms with van der Waals surface area (Å²) in [5, 5.41) is 1.93. The largest absolute Gasteiger partial charge is 0.277 e. The molecule has 64 valence electrons. The first-order chi connectivity index (χ1) is 5.08. The first-order valence-electron chi connectivity index (χ1n) is 4.10. The van der Waals surface area contributed by atoms with Crippen LogP contribution in [-0.2, 0) is 4.84 Å². The van der Waals surface area contributed by atoms with Gasteiger partial charge in [0.05, 0.1) is 12.6 Å². The van der Waals surface area contributed by atoms with Crippen molar-refractivity contribution >= 4 is 0 Å². The standard InChI is InChI=1S/C9H17NO/c1-8-6-5-7-9(2,3)10(8)11-4/h1,5-7H2,2-4H3. The lowest BCUT2D eigenvalue weighted by atomic mass is 9.91. The van der Waals surface area contributed by atoms with Crippen LogP contribution < -0.4 is 0 Å². The predicted molar refractivity (Wildman–Crippen MR) is 45.9 cm³/mol. The van der Waals surface area contributed by atoms with E-state index >= 15 is 0 Å². The Hall–Kier alpha value is -0.500. The van der Waals surface area contributed by atoms with Gasteiger partial charge < -0.3 is 0 Å². The number of rotatable bonds is 1. The van der Waals surface area contributed by atoms with E-state index in [0.717, 1.165) is 12.1 Å². The second-order valence-corrected chi connectivity index (χ2v) is 3.71. The maximum absolute atomic E-state index is 5.25. The van der Waals surface area contributed by atoms with Crippen LogP contribution >= 0.6 is 0 Å². The molecule has 1 aliphatic rings. The molecule has 0 bridgehead atoms. The van der Waals surface area contributed by atoms with E-state index < -0.39 is 0 Å². The van der Waals surface area contributed by atoms with Crippen molar-refractivity contribution in [3.8, 4) is 0 Å². The summed E-state index contributed by atoms with van der Waals surface area (Å²) in [6.45, 7) is 8.33. The van der Waals surface area contributed by atoms with Crippen molar-refractivity contribution in [3.63, 3.8) is 0 Å². The third kappa shape index (κ3) is 1.56. The maximum Gasteiger partial charge on any atom is 0.0639 e. The van der Waals surface area contributed by atoms with Gasteiger partial charge in [0.15, 0.2) is 0 Å². The molecule has 0 radical (unpaired) electrons. The molecule has 0 N–H and O–H groups in total. The zero-order valence-electron chi connectivity index (χ0n) is 7.68. The summed E-state index contributed by atoms with van der Waals surface area (Å²) in [6.07, 6.45) is 3.48. The molecule has 2 nitrogen and oxygen atoms in total. The highest BCUT2D eigenvalue weighted by Gasteiger charge is 2.31.